The van der Waals surface area contributed by atoms with E-state index < -0.39 is 6.10 Å². The van der Waals surface area contributed by atoms with E-state index >= 15 is 0 Å². The molecule has 0 saturated heterocycles. The zero-order valence-electron chi connectivity index (χ0n) is 12.6. The average molecular weight is 280 g/mol. The Kier molecular flexibility index (Phi) is 3.52. The minimum Gasteiger partial charge on any atom is -0.382 e. The SMILES string of the molecule is CC(C)c1ncc([C@H](O)c2cccc3ccccc23)n1C. The molecule has 0 fully saturated rings. The molecule has 0 unspecified atom stereocenters. The molecule has 108 valence electrons. The van der Waals surface area contributed by atoms with Crippen LogP contribution in [0.1, 0.15) is 43.0 Å². The molecule has 21 heavy (non-hydrogen) atoms. The number of rotatable bonds is 3. The number of benzene rings is 2. The smallest absolute Gasteiger partial charge is 0.121 e. The summed E-state index contributed by atoms with van der Waals surface area (Å²) < 4.78 is 2.00. The third-order valence-electron chi connectivity index (χ3n) is 3.97. The van der Waals surface area contributed by atoms with Crippen LogP contribution < -0.4 is 0 Å². The summed E-state index contributed by atoms with van der Waals surface area (Å²) in [5, 5.41) is 13.0. The third-order valence-corrected chi connectivity index (χ3v) is 3.97. The highest BCUT2D eigenvalue weighted by Gasteiger charge is 2.19. The molecule has 0 aliphatic carbocycles. The molecule has 1 atom stereocenters. The highest BCUT2D eigenvalue weighted by Crippen LogP contribution is 2.29. The van der Waals surface area contributed by atoms with Crippen LogP contribution in [0.15, 0.2) is 48.7 Å². The second kappa shape index (κ2) is 5.34. The Hall–Kier alpha value is -2.13. The van der Waals surface area contributed by atoms with Crippen molar-refractivity contribution in [3.63, 3.8) is 0 Å². The third kappa shape index (κ3) is 2.34. The molecule has 3 rings (SSSR count). The molecule has 3 aromatic rings. The van der Waals surface area contributed by atoms with Crippen molar-refractivity contribution in [1.82, 2.24) is 9.55 Å². The van der Waals surface area contributed by atoms with Crippen LogP contribution in [-0.4, -0.2) is 14.7 Å². The minimum absolute atomic E-state index is 0.337. The zero-order valence-corrected chi connectivity index (χ0v) is 12.6. The van der Waals surface area contributed by atoms with Gasteiger partial charge in [0.25, 0.3) is 0 Å². The van der Waals surface area contributed by atoms with Gasteiger partial charge in [-0.15, -0.1) is 0 Å². The quantitative estimate of drug-likeness (QED) is 0.793. The molecule has 0 aliphatic rings. The zero-order chi connectivity index (χ0) is 15.0. The summed E-state index contributed by atoms with van der Waals surface area (Å²) in [5.41, 5.74) is 1.75. The van der Waals surface area contributed by atoms with Gasteiger partial charge < -0.3 is 9.67 Å². The predicted molar refractivity (Wildman–Crippen MR) is 85.3 cm³/mol. The van der Waals surface area contributed by atoms with E-state index in [0.29, 0.717) is 5.92 Å². The number of fused-ring (bicyclic) bond motifs is 1. The van der Waals surface area contributed by atoms with E-state index in [9.17, 15) is 5.11 Å². The molecule has 3 nitrogen and oxygen atoms in total. The lowest BCUT2D eigenvalue weighted by atomic mass is 9.99. The first-order valence-electron chi connectivity index (χ1n) is 7.27. The van der Waals surface area contributed by atoms with Crippen LogP contribution in [0.3, 0.4) is 0 Å². The molecular weight excluding hydrogens is 260 g/mol. The second-order valence-electron chi connectivity index (χ2n) is 5.73. The summed E-state index contributed by atoms with van der Waals surface area (Å²) in [5.74, 6) is 1.33. The summed E-state index contributed by atoms with van der Waals surface area (Å²) in [6.07, 6.45) is 1.11. The topological polar surface area (TPSA) is 38.1 Å². The van der Waals surface area contributed by atoms with Gasteiger partial charge in [0.2, 0.25) is 0 Å². The van der Waals surface area contributed by atoms with Crippen LogP contribution in [0.25, 0.3) is 10.8 Å². The second-order valence-corrected chi connectivity index (χ2v) is 5.73. The van der Waals surface area contributed by atoms with Crippen LogP contribution >= 0.6 is 0 Å². The van der Waals surface area contributed by atoms with Crippen molar-refractivity contribution in [2.45, 2.75) is 25.9 Å². The Morgan fingerprint density at radius 1 is 1.05 bits per heavy atom. The molecule has 0 amide bonds. The van der Waals surface area contributed by atoms with Gasteiger partial charge in [-0.1, -0.05) is 56.3 Å². The van der Waals surface area contributed by atoms with E-state index in [2.05, 4.69) is 31.0 Å². The maximum atomic E-state index is 10.8. The molecule has 2 aromatic carbocycles. The van der Waals surface area contributed by atoms with Crippen molar-refractivity contribution in [1.29, 1.82) is 0 Å². The minimum atomic E-state index is -0.666. The molecule has 0 aliphatic heterocycles. The average Bonchev–Trinajstić information content (AvgIpc) is 2.88. The van der Waals surface area contributed by atoms with Crippen LogP contribution in [0.5, 0.6) is 0 Å². The van der Waals surface area contributed by atoms with Crippen LogP contribution in [0.4, 0.5) is 0 Å². The van der Waals surface area contributed by atoms with E-state index in [4.69, 9.17) is 0 Å². The Morgan fingerprint density at radius 3 is 2.48 bits per heavy atom. The summed E-state index contributed by atoms with van der Waals surface area (Å²) in [6.45, 7) is 4.22. The van der Waals surface area contributed by atoms with E-state index in [0.717, 1.165) is 27.9 Å². The van der Waals surface area contributed by atoms with Gasteiger partial charge in [-0.25, -0.2) is 4.98 Å². The lowest BCUT2D eigenvalue weighted by Gasteiger charge is -2.16. The number of aromatic nitrogens is 2. The standard InChI is InChI=1S/C18H20N2O/c1-12(2)18-19-11-16(20(18)3)17(21)15-10-6-8-13-7-4-5-9-14(13)15/h4-12,17,21H,1-3H3/t17-/m1/s1. The van der Waals surface area contributed by atoms with Gasteiger partial charge in [0, 0.05) is 13.0 Å². The molecule has 0 saturated carbocycles. The predicted octanol–water partition coefficient (Wildman–Crippen LogP) is 3.78. The largest absolute Gasteiger partial charge is 0.382 e. The number of aliphatic hydroxyl groups is 1. The Morgan fingerprint density at radius 2 is 1.76 bits per heavy atom. The van der Waals surface area contributed by atoms with E-state index in [1.165, 1.54) is 0 Å². The van der Waals surface area contributed by atoms with Crippen LogP contribution in [0, 0.1) is 0 Å². The van der Waals surface area contributed by atoms with Gasteiger partial charge in [-0.2, -0.15) is 0 Å². The van der Waals surface area contributed by atoms with Crippen molar-refractivity contribution >= 4 is 10.8 Å². The fraction of sp³-hybridized carbons (Fsp3) is 0.278. The molecule has 1 N–H and O–H groups in total. The molecule has 0 bridgehead atoms. The van der Waals surface area contributed by atoms with Crippen LogP contribution in [0.2, 0.25) is 0 Å². The van der Waals surface area contributed by atoms with Crippen molar-refractivity contribution in [3.8, 4) is 0 Å². The molecular formula is C18H20N2O. The summed E-state index contributed by atoms with van der Waals surface area (Å²) in [6, 6.07) is 14.2. The number of hydrogen-bond acceptors (Lipinski definition) is 2. The highest BCUT2D eigenvalue weighted by molar-refractivity contribution is 5.86. The lowest BCUT2D eigenvalue weighted by Crippen LogP contribution is -2.09. The maximum Gasteiger partial charge on any atom is 0.121 e. The monoisotopic (exact) mass is 280 g/mol. The molecule has 1 aromatic heterocycles. The van der Waals surface area contributed by atoms with Crippen molar-refractivity contribution in [2.75, 3.05) is 0 Å². The first kappa shape index (κ1) is 13.8. The summed E-state index contributed by atoms with van der Waals surface area (Å²) in [7, 11) is 1.96. The molecule has 1 heterocycles. The van der Waals surface area contributed by atoms with Crippen molar-refractivity contribution < 1.29 is 5.11 Å². The van der Waals surface area contributed by atoms with Gasteiger partial charge >= 0.3 is 0 Å². The Labute approximate surface area is 124 Å². The number of aliphatic hydroxyl groups excluding tert-OH is 1. The van der Waals surface area contributed by atoms with E-state index in [1.807, 2.05) is 41.9 Å². The van der Waals surface area contributed by atoms with Crippen molar-refractivity contribution in [2.24, 2.45) is 7.05 Å². The number of imidazole rings is 1. The summed E-state index contributed by atoms with van der Waals surface area (Å²) >= 11 is 0. The first-order chi connectivity index (χ1) is 10.1. The molecule has 0 spiro atoms. The van der Waals surface area contributed by atoms with Gasteiger partial charge in [0.05, 0.1) is 11.9 Å². The number of nitrogens with zero attached hydrogens (tertiary/aromatic N) is 2. The Bertz CT molecular complexity index is 768. The van der Waals surface area contributed by atoms with Crippen molar-refractivity contribution in [3.05, 3.63) is 65.7 Å². The van der Waals surface area contributed by atoms with Gasteiger partial charge in [0.1, 0.15) is 11.9 Å². The fourth-order valence-electron chi connectivity index (χ4n) is 2.88. The Balaban J connectivity index is 2.11. The number of hydrogen-bond donors (Lipinski definition) is 1. The first-order valence-corrected chi connectivity index (χ1v) is 7.27. The van der Waals surface area contributed by atoms with E-state index in [1.54, 1.807) is 6.20 Å². The maximum absolute atomic E-state index is 10.8. The van der Waals surface area contributed by atoms with Crippen LogP contribution in [-0.2, 0) is 7.05 Å². The fourth-order valence-corrected chi connectivity index (χ4v) is 2.88. The highest BCUT2D eigenvalue weighted by atomic mass is 16.3. The van der Waals surface area contributed by atoms with Gasteiger partial charge in [0.15, 0.2) is 0 Å². The normalized spacial score (nSPS) is 13.0. The molecule has 0 radical (unpaired) electrons. The van der Waals surface area contributed by atoms with Gasteiger partial charge in [-0.05, 0) is 16.3 Å². The lowest BCUT2D eigenvalue weighted by molar-refractivity contribution is 0.212. The van der Waals surface area contributed by atoms with E-state index in [-0.39, 0.29) is 0 Å². The molecule has 3 heteroatoms. The summed E-state index contributed by atoms with van der Waals surface area (Å²) in [4.78, 5) is 4.44. The van der Waals surface area contributed by atoms with Gasteiger partial charge in [-0.3, -0.25) is 0 Å².